The van der Waals surface area contributed by atoms with Crippen LogP contribution >= 0.6 is 47.0 Å². The molecule has 0 atom stereocenters. The summed E-state index contributed by atoms with van der Waals surface area (Å²) in [7, 11) is 0. The Kier molecular flexibility index (Phi) is 17.6. The molecule has 0 unspecified atom stereocenters. The van der Waals surface area contributed by atoms with Gasteiger partial charge in [-0.05, 0) is 68.8 Å². The SMILES string of the molecule is CCCSCCCSCCSCCCSCNC(=O)OC(C)(C)C. The lowest BCUT2D eigenvalue weighted by Crippen LogP contribution is -2.32. The van der Waals surface area contributed by atoms with E-state index in [2.05, 4.69) is 35.8 Å². The van der Waals surface area contributed by atoms with Crippen LogP contribution in [0.2, 0.25) is 0 Å². The number of nitrogens with one attached hydrogen (secondary N) is 1. The van der Waals surface area contributed by atoms with E-state index in [9.17, 15) is 4.79 Å². The van der Waals surface area contributed by atoms with E-state index in [-0.39, 0.29) is 6.09 Å². The molecule has 0 saturated carbocycles. The smallest absolute Gasteiger partial charge is 0.408 e. The van der Waals surface area contributed by atoms with Gasteiger partial charge in [-0.3, -0.25) is 0 Å². The van der Waals surface area contributed by atoms with Crippen molar-refractivity contribution in [1.29, 1.82) is 0 Å². The summed E-state index contributed by atoms with van der Waals surface area (Å²) in [6, 6.07) is 0. The molecule has 144 valence electrons. The topological polar surface area (TPSA) is 38.3 Å². The zero-order valence-corrected chi connectivity index (χ0v) is 19.0. The standard InChI is InChI=1S/C17H35NO2S4/c1-5-8-21-9-6-10-22-13-14-23-11-7-12-24-15-18-16(19)20-17(2,3)4/h5-15H2,1-4H3,(H,18,19). The fourth-order valence-electron chi connectivity index (χ4n) is 1.59. The Balaban J connectivity index is 3.14. The second kappa shape index (κ2) is 17.1. The number of alkyl carbamates (subject to hydrolysis) is 1. The van der Waals surface area contributed by atoms with Gasteiger partial charge >= 0.3 is 6.09 Å². The second-order valence-corrected chi connectivity index (χ2v) is 11.1. The molecule has 0 bridgehead atoms. The van der Waals surface area contributed by atoms with Gasteiger partial charge in [0.1, 0.15) is 5.60 Å². The van der Waals surface area contributed by atoms with E-state index >= 15 is 0 Å². The minimum Gasteiger partial charge on any atom is -0.444 e. The van der Waals surface area contributed by atoms with Gasteiger partial charge in [-0.25, -0.2) is 4.79 Å². The molecule has 3 nitrogen and oxygen atoms in total. The summed E-state index contributed by atoms with van der Waals surface area (Å²) in [4.78, 5) is 11.4. The lowest BCUT2D eigenvalue weighted by atomic mass is 10.2. The average molecular weight is 414 g/mol. The molecule has 0 heterocycles. The lowest BCUT2D eigenvalue weighted by molar-refractivity contribution is 0.0538. The monoisotopic (exact) mass is 413 g/mol. The normalized spacial score (nSPS) is 11.5. The lowest BCUT2D eigenvalue weighted by Gasteiger charge is -2.19. The van der Waals surface area contributed by atoms with Crippen LogP contribution in [0.15, 0.2) is 0 Å². The summed E-state index contributed by atoms with van der Waals surface area (Å²) in [6.45, 7) is 7.87. The summed E-state index contributed by atoms with van der Waals surface area (Å²) in [6.07, 6.45) is 3.52. The number of ether oxygens (including phenoxy) is 1. The molecule has 0 aliphatic rings. The highest BCUT2D eigenvalue weighted by molar-refractivity contribution is 8.03. The van der Waals surface area contributed by atoms with Crippen molar-refractivity contribution in [3.63, 3.8) is 0 Å². The highest BCUT2D eigenvalue weighted by Crippen LogP contribution is 2.13. The van der Waals surface area contributed by atoms with Crippen molar-refractivity contribution in [2.75, 3.05) is 46.1 Å². The third kappa shape index (κ3) is 20.7. The van der Waals surface area contributed by atoms with E-state index in [1.807, 2.05) is 32.5 Å². The van der Waals surface area contributed by atoms with Crippen LogP contribution in [0.1, 0.15) is 47.0 Å². The quantitative estimate of drug-likeness (QED) is 0.278. The van der Waals surface area contributed by atoms with Crippen LogP contribution in [0.4, 0.5) is 4.79 Å². The molecule has 0 rings (SSSR count). The van der Waals surface area contributed by atoms with E-state index in [1.165, 1.54) is 53.8 Å². The maximum atomic E-state index is 11.4. The summed E-state index contributed by atoms with van der Waals surface area (Å²) < 4.78 is 5.19. The molecule has 0 aliphatic carbocycles. The molecule has 24 heavy (non-hydrogen) atoms. The molecular formula is C17H35NO2S4. The van der Waals surface area contributed by atoms with Crippen molar-refractivity contribution in [3.8, 4) is 0 Å². The van der Waals surface area contributed by atoms with E-state index in [1.54, 1.807) is 11.8 Å². The van der Waals surface area contributed by atoms with Crippen LogP contribution in [0.25, 0.3) is 0 Å². The maximum absolute atomic E-state index is 11.4. The first-order chi connectivity index (χ1) is 11.5. The first kappa shape index (κ1) is 24.7. The molecule has 0 aromatic carbocycles. The Morgan fingerprint density at radius 1 is 0.833 bits per heavy atom. The molecule has 1 amide bonds. The average Bonchev–Trinajstić information content (AvgIpc) is 2.49. The van der Waals surface area contributed by atoms with E-state index in [0.717, 1.165) is 5.75 Å². The number of amides is 1. The number of rotatable bonds is 15. The zero-order chi connectivity index (χ0) is 18.1. The second-order valence-electron chi connectivity index (χ2n) is 6.28. The predicted octanol–water partition coefficient (Wildman–Crippen LogP) is 5.59. The third-order valence-electron chi connectivity index (χ3n) is 2.59. The first-order valence-electron chi connectivity index (χ1n) is 8.73. The summed E-state index contributed by atoms with van der Waals surface area (Å²) in [5.41, 5.74) is -0.419. The van der Waals surface area contributed by atoms with Crippen LogP contribution in [0.3, 0.4) is 0 Å². The van der Waals surface area contributed by atoms with Crippen LogP contribution in [0.5, 0.6) is 0 Å². The Morgan fingerprint density at radius 3 is 1.83 bits per heavy atom. The number of hydrogen-bond acceptors (Lipinski definition) is 6. The maximum Gasteiger partial charge on any atom is 0.408 e. The molecule has 0 radical (unpaired) electrons. The van der Waals surface area contributed by atoms with Gasteiger partial charge in [0.15, 0.2) is 0 Å². The summed E-state index contributed by atoms with van der Waals surface area (Å²) in [5.74, 6) is 9.41. The largest absolute Gasteiger partial charge is 0.444 e. The number of thioether (sulfide) groups is 4. The van der Waals surface area contributed by atoms with Gasteiger partial charge in [0.05, 0.1) is 5.88 Å². The van der Waals surface area contributed by atoms with Crippen molar-refractivity contribution < 1.29 is 9.53 Å². The van der Waals surface area contributed by atoms with Crippen molar-refractivity contribution in [2.24, 2.45) is 0 Å². The van der Waals surface area contributed by atoms with Gasteiger partial charge in [0.25, 0.3) is 0 Å². The fourth-order valence-corrected chi connectivity index (χ4v) is 5.56. The molecule has 0 aromatic heterocycles. The Hall–Kier alpha value is 0.670. The van der Waals surface area contributed by atoms with E-state index in [4.69, 9.17) is 4.74 Å². The minimum atomic E-state index is -0.419. The zero-order valence-electron chi connectivity index (χ0n) is 15.7. The van der Waals surface area contributed by atoms with E-state index in [0.29, 0.717) is 5.88 Å². The van der Waals surface area contributed by atoms with Gasteiger partial charge in [-0.2, -0.15) is 35.3 Å². The van der Waals surface area contributed by atoms with Crippen molar-refractivity contribution in [1.82, 2.24) is 5.32 Å². The van der Waals surface area contributed by atoms with Crippen LogP contribution in [0, 0.1) is 0 Å². The highest BCUT2D eigenvalue weighted by Gasteiger charge is 2.15. The van der Waals surface area contributed by atoms with Crippen molar-refractivity contribution in [3.05, 3.63) is 0 Å². The number of carbonyl (C=O) groups excluding carboxylic acids is 1. The molecule has 0 spiro atoms. The minimum absolute atomic E-state index is 0.325. The van der Waals surface area contributed by atoms with Crippen LogP contribution in [-0.4, -0.2) is 57.8 Å². The highest BCUT2D eigenvalue weighted by atomic mass is 32.2. The molecule has 7 heteroatoms. The van der Waals surface area contributed by atoms with Crippen LogP contribution < -0.4 is 5.32 Å². The van der Waals surface area contributed by atoms with Gasteiger partial charge < -0.3 is 10.1 Å². The van der Waals surface area contributed by atoms with Gasteiger partial charge in [-0.15, -0.1) is 11.8 Å². The molecule has 0 saturated heterocycles. The molecule has 1 N–H and O–H groups in total. The Bertz CT molecular complexity index is 299. The molecule has 0 aliphatic heterocycles. The molecule has 0 fully saturated rings. The van der Waals surface area contributed by atoms with Gasteiger partial charge in [0, 0.05) is 11.5 Å². The first-order valence-corrected chi connectivity index (χ1v) is 13.4. The molecule has 0 aromatic rings. The summed E-state index contributed by atoms with van der Waals surface area (Å²) >= 11 is 7.98. The van der Waals surface area contributed by atoms with E-state index < -0.39 is 5.60 Å². The van der Waals surface area contributed by atoms with Gasteiger partial charge in [0.2, 0.25) is 0 Å². The Morgan fingerprint density at radius 2 is 1.33 bits per heavy atom. The third-order valence-corrected chi connectivity index (χ3v) is 7.19. The van der Waals surface area contributed by atoms with Crippen LogP contribution in [-0.2, 0) is 4.74 Å². The predicted molar refractivity (Wildman–Crippen MR) is 118 cm³/mol. The van der Waals surface area contributed by atoms with Gasteiger partial charge in [-0.1, -0.05) is 6.92 Å². The van der Waals surface area contributed by atoms with Crippen molar-refractivity contribution in [2.45, 2.75) is 52.6 Å². The summed E-state index contributed by atoms with van der Waals surface area (Å²) in [5, 5.41) is 2.77. The van der Waals surface area contributed by atoms with Crippen molar-refractivity contribution >= 4 is 53.1 Å². The number of carbonyl (C=O) groups is 1. The Labute approximate surface area is 166 Å². The molecular weight excluding hydrogens is 378 g/mol. The number of hydrogen-bond donors (Lipinski definition) is 1. The fraction of sp³-hybridized carbons (Fsp3) is 0.941.